The number of carbonyl (C=O) groups excluding carboxylic acids is 1. The van der Waals surface area contributed by atoms with Crippen molar-refractivity contribution < 1.29 is 9.53 Å². The van der Waals surface area contributed by atoms with Crippen molar-refractivity contribution in [2.24, 2.45) is 0 Å². The molecule has 2 heterocycles. The van der Waals surface area contributed by atoms with Gasteiger partial charge in [-0.2, -0.15) is 10.1 Å². The Kier molecular flexibility index (Phi) is 6.24. The summed E-state index contributed by atoms with van der Waals surface area (Å²) in [6, 6.07) is 18.2. The van der Waals surface area contributed by atoms with Crippen molar-refractivity contribution in [2.75, 3.05) is 5.32 Å². The molecule has 0 fully saturated rings. The van der Waals surface area contributed by atoms with Gasteiger partial charge in [0.25, 0.3) is 0 Å². The average Bonchev–Trinajstić information content (AvgIpc) is 3.28. The van der Waals surface area contributed by atoms with E-state index in [-0.39, 0.29) is 5.91 Å². The first-order valence-corrected chi connectivity index (χ1v) is 10.1. The highest BCUT2D eigenvalue weighted by Crippen LogP contribution is 2.23. The van der Waals surface area contributed by atoms with Gasteiger partial charge in [-0.25, -0.2) is 9.67 Å². The summed E-state index contributed by atoms with van der Waals surface area (Å²) in [6.45, 7) is 1.79. The molecule has 0 bridgehead atoms. The summed E-state index contributed by atoms with van der Waals surface area (Å²) in [6.07, 6.45) is 4.48. The van der Waals surface area contributed by atoms with Crippen LogP contribution in [0.15, 0.2) is 73.1 Å². The summed E-state index contributed by atoms with van der Waals surface area (Å²) in [5, 5.41) is 7.74. The topological polar surface area (TPSA) is 81.9 Å². The maximum absolute atomic E-state index is 12.2. The molecule has 0 saturated heterocycles. The van der Waals surface area contributed by atoms with Crippen LogP contribution in [0.1, 0.15) is 17.8 Å². The Morgan fingerprint density at radius 2 is 1.94 bits per heavy atom. The molecule has 0 aliphatic rings. The van der Waals surface area contributed by atoms with E-state index >= 15 is 0 Å². The molecule has 0 unspecified atom stereocenters. The van der Waals surface area contributed by atoms with E-state index in [1.54, 1.807) is 54.3 Å². The van der Waals surface area contributed by atoms with E-state index in [9.17, 15) is 4.79 Å². The van der Waals surface area contributed by atoms with Gasteiger partial charge in [0.05, 0.1) is 0 Å². The van der Waals surface area contributed by atoms with Gasteiger partial charge in [-0.05, 0) is 61.4 Å². The van der Waals surface area contributed by atoms with Crippen LogP contribution in [0.5, 0.6) is 11.6 Å². The number of hydrogen-bond acceptors (Lipinski definition) is 5. The van der Waals surface area contributed by atoms with Crippen molar-refractivity contribution in [3.8, 4) is 17.4 Å². The predicted octanol–water partition coefficient (Wildman–Crippen LogP) is 4.99. The van der Waals surface area contributed by atoms with Crippen molar-refractivity contribution in [1.29, 1.82) is 0 Å². The summed E-state index contributed by atoms with van der Waals surface area (Å²) in [5.41, 5.74) is 1.72. The zero-order valence-electron chi connectivity index (χ0n) is 16.8. The third kappa shape index (κ3) is 5.67. The van der Waals surface area contributed by atoms with E-state index in [2.05, 4.69) is 20.4 Å². The van der Waals surface area contributed by atoms with Gasteiger partial charge >= 0.3 is 0 Å². The number of aryl methyl sites for hydroxylation is 2. The lowest BCUT2D eigenvalue weighted by molar-refractivity contribution is -0.116. The van der Waals surface area contributed by atoms with Gasteiger partial charge in [0.1, 0.15) is 11.6 Å². The number of aromatic nitrogens is 4. The number of ether oxygens (including phenoxy) is 1. The average molecular weight is 434 g/mol. The van der Waals surface area contributed by atoms with Gasteiger partial charge in [-0.15, -0.1) is 0 Å². The van der Waals surface area contributed by atoms with Crippen LogP contribution in [0.3, 0.4) is 0 Å². The van der Waals surface area contributed by atoms with Gasteiger partial charge in [0.15, 0.2) is 5.82 Å². The van der Waals surface area contributed by atoms with Crippen LogP contribution in [0.25, 0.3) is 5.82 Å². The first-order valence-electron chi connectivity index (χ1n) is 9.73. The third-order valence-electron chi connectivity index (χ3n) is 4.43. The Balaban J connectivity index is 1.36. The standard InChI is InChI=1S/C23H20ClN5O2/c1-16-26-21(29-13-3-12-25-29)15-23(27-16)31-20-9-7-19(8-10-20)28-22(30)11-6-17-4-2-5-18(24)14-17/h2-5,7-10,12-15H,6,11H2,1H3,(H,28,30). The predicted molar refractivity (Wildman–Crippen MR) is 119 cm³/mol. The SMILES string of the molecule is Cc1nc(Oc2ccc(NC(=O)CCc3cccc(Cl)c3)cc2)cc(-n2cccn2)n1. The Bertz CT molecular complexity index is 1180. The lowest BCUT2D eigenvalue weighted by atomic mass is 10.1. The normalized spacial score (nSPS) is 10.6. The summed E-state index contributed by atoms with van der Waals surface area (Å²) >= 11 is 5.98. The molecule has 0 aliphatic carbocycles. The molecule has 156 valence electrons. The summed E-state index contributed by atoms with van der Waals surface area (Å²) in [5.74, 6) is 2.14. The highest BCUT2D eigenvalue weighted by Gasteiger charge is 2.08. The minimum absolute atomic E-state index is 0.0658. The van der Waals surface area contributed by atoms with E-state index < -0.39 is 0 Å². The van der Waals surface area contributed by atoms with Crippen LogP contribution in [0.2, 0.25) is 5.02 Å². The van der Waals surface area contributed by atoms with Crippen molar-refractivity contribution in [1.82, 2.24) is 19.7 Å². The van der Waals surface area contributed by atoms with Crippen molar-refractivity contribution in [3.05, 3.63) is 89.5 Å². The van der Waals surface area contributed by atoms with Gasteiger partial charge in [0.2, 0.25) is 11.8 Å². The van der Waals surface area contributed by atoms with E-state index in [4.69, 9.17) is 16.3 Å². The fourth-order valence-corrected chi connectivity index (χ4v) is 3.21. The quantitative estimate of drug-likeness (QED) is 0.444. The van der Waals surface area contributed by atoms with Crippen LogP contribution in [-0.2, 0) is 11.2 Å². The van der Waals surface area contributed by atoms with E-state index in [0.717, 1.165) is 5.56 Å². The number of hydrogen-bond donors (Lipinski definition) is 1. The van der Waals surface area contributed by atoms with Gasteiger partial charge in [0, 0.05) is 35.6 Å². The minimum atomic E-state index is -0.0658. The lowest BCUT2D eigenvalue weighted by Crippen LogP contribution is -2.12. The molecule has 0 radical (unpaired) electrons. The Morgan fingerprint density at radius 3 is 2.68 bits per heavy atom. The highest BCUT2D eigenvalue weighted by molar-refractivity contribution is 6.30. The van der Waals surface area contributed by atoms with Gasteiger partial charge in [-0.3, -0.25) is 4.79 Å². The van der Waals surface area contributed by atoms with Crippen LogP contribution >= 0.6 is 11.6 Å². The number of rotatable bonds is 7. The maximum Gasteiger partial charge on any atom is 0.224 e. The fraction of sp³-hybridized carbons (Fsp3) is 0.130. The van der Waals surface area contributed by atoms with Crippen LogP contribution in [0, 0.1) is 6.92 Å². The first-order chi connectivity index (χ1) is 15.0. The molecule has 0 atom stereocenters. The number of benzene rings is 2. The number of halogens is 1. The molecule has 8 heteroatoms. The number of carbonyl (C=O) groups is 1. The van der Waals surface area contributed by atoms with Crippen molar-refractivity contribution >= 4 is 23.2 Å². The molecule has 2 aromatic carbocycles. The summed E-state index contributed by atoms with van der Waals surface area (Å²) in [4.78, 5) is 20.9. The monoisotopic (exact) mass is 433 g/mol. The molecule has 1 N–H and O–H groups in total. The molecular weight excluding hydrogens is 414 g/mol. The molecule has 4 rings (SSSR count). The lowest BCUT2D eigenvalue weighted by Gasteiger charge is -2.09. The number of amides is 1. The van der Waals surface area contributed by atoms with Crippen LogP contribution < -0.4 is 10.1 Å². The summed E-state index contributed by atoms with van der Waals surface area (Å²) < 4.78 is 7.50. The Morgan fingerprint density at radius 1 is 1.10 bits per heavy atom. The second-order valence-electron chi connectivity index (χ2n) is 6.87. The Labute approximate surface area is 184 Å². The zero-order valence-corrected chi connectivity index (χ0v) is 17.6. The number of anilines is 1. The largest absolute Gasteiger partial charge is 0.439 e. The second-order valence-corrected chi connectivity index (χ2v) is 7.30. The Hall–Kier alpha value is -3.71. The first kappa shape index (κ1) is 20.6. The molecule has 0 saturated carbocycles. The van der Waals surface area contributed by atoms with Gasteiger partial charge in [-0.1, -0.05) is 23.7 Å². The molecule has 7 nitrogen and oxygen atoms in total. The summed E-state index contributed by atoms with van der Waals surface area (Å²) in [7, 11) is 0. The molecule has 0 spiro atoms. The fourth-order valence-electron chi connectivity index (χ4n) is 3.00. The molecular formula is C23H20ClN5O2. The van der Waals surface area contributed by atoms with E-state index in [1.165, 1.54) is 0 Å². The van der Waals surface area contributed by atoms with Crippen LogP contribution in [-0.4, -0.2) is 25.7 Å². The maximum atomic E-state index is 12.2. The van der Waals surface area contributed by atoms with E-state index in [0.29, 0.717) is 46.8 Å². The second kappa shape index (κ2) is 9.40. The van der Waals surface area contributed by atoms with Crippen LogP contribution in [0.4, 0.5) is 5.69 Å². The van der Waals surface area contributed by atoms with Gasteiger partial charge < -0.3 is 10.1 Å². The molecule has 4 aromatic rings. The highest BCUT2D eigenvalue weighted by atomic mass is 35.5. The molecule has 1 amide bonds. The minimum Gasteiger partial charge on any atom is -0.439 e. The van der Waals surface area contributed by atoms with Crippen molar-refractivity contribution in [2.45, 2.75) is 19.8 Å². The molecule has 2 aromatic heterocycles. The smallest absolute Gasteiger partial charge is 0.224 e. The van der Waals surface area contributed by atoms with Crippen molar-refractivity contribution in [3.63, 3.8) is 0 Å². The molecule has 0 aliphatic heterocycles. The molecule has 31 heavy (non-hydrogen) atoms. The van der Waals surface area contributed by atoms with E-state index in [1.807, 2.05) is 30.3 Å². The zero-order chi connectivity index (χ0) is 21.6. The number of nitrogens with zero attached hydrogens (tertiary/aromatic N) is 4. The third-order valence-corrected chi connectivity index (χ3v) is 4.67. The number of nitrogens with one attached hydrogen (secondary N) is 1.